The predicted molar refractivity (Wildman–Crippen MR) is 128 cm³/mol. The SMILES string of the molecule is Cc1cc(C(=O)C[P+](c2ccccc2)(c2ccccc2)c2ccccc2)cnc1C#N. The molecule has 0 radical (unpaired) electrons. The van der Waals surface area contributed by atoms with E-state index in [4.69, 9.17) is 0 Å². The van der Waals surface area contributed by atoms with Crippen LogP contribution in [0.3, 0.4) is 0 Å². The highest BCUT2D eigenvalue weighted by Gasteiger charge is 2.47. The van der Waals surface area contributed by atoms with Gasteiger partial charge in [0, 0.05) is 11.8 Å². The van der Waals surface area contributed by atoms with Gasteiger partial charge in [0.2, 0.25) is 5.78 Å². The van der Waals surface area contributed by atoms with Gasteiger partial charge in [-0.2, -0.15) is 5.26 Å². The van der Waals surface area contributed by atoms with Gasteiger partial charge < -0.3 is 0 Å². The van der Waals surface area contributed by atoms with E-state index in [9.17, 15) is 10.1 Å². The van der Waals surface area contributed by atoms with E-state index in [1.54, 1.807) is 6.07 Å². The number of carbonyl (C=O) groups excluding carboxylic acids is 1. The Kier molecular flexibility index (Phi) is 6.03. The number of Topliss-reactive ketones (excluding diaryl/α,β-unsaturated/α-hetero) is 1. The number of nitriles is 1. The molecular weight excluding hydrogens is 399 g/mol. The number of ketones is 1. The van der Waals surface area contributed by atoms with Gasteiger partial charge in [-0.05, 0) is 55.0 Å². The number of carbonyl (C=O) groups is 1. The van der Waals surface area contributed by atoms with Gasteiger partial charge in [-0.15, -0.1) is 0 Å². The van der Waals surface area contributed by atoms with Gasteiger partial charge in [0.1, 0.15) is 41.1 Å². The van der Waals surface area contributed by atoms with Crippen LogP contribution in [0, 0.1) is 18.3 Å². The third-order valence-electron chi connectivity index (χ3n) is 5.48. The van der Waals surface area contributed by atoms with Gasteiger partial charge in [-0.1, -0.05) is 54.6 Å². The second-order valence-corrected chi connectivity index (χ2v) is 10.9. The molecule has 0 atom stereocenters. The van der Waals surface area contributed by atoms with E-state index >= 15 is 0 Å². The molecule has 0 amide bonds. The molecule has 0 saturated carbocycles. The van der Waals surface area contributed by atoms with Crippen molar-refractivity contribution in [1.82, 2.24) is 4.98 Å². The molecule has 0 spiro atoms. The quantitative estimate of drug-likeness (QED) is 0.342. The van der Waals surface area contributed by atoms with Crippen LogP contribution in [0.2, 0.25) is 0 Å². The minimum Gasteiger partial charge on any atom is -0.290 e. The number of aryl methyl sites for hydroxylation is 1. The van der Waals surface area contributed by atoms with Crippen molar-refractivity contribution >= 4 is 29.0 Å². The molecule has 3 nitrogen and oxygen atoms in total. The normalized spacial score (nSPS) is 11.0. The molecule has 0 aliphatic heterocycles. The highest BCUT2D eigenvalue weighted by molar-refractivity contribution is 7.96. The number of pyridine rings is 1. The van der Waals surface area contributed by atoms with E-state index in [-0.39, 0.29) is 5.78 Å². The van der Waals surface area contributed by atoms with E-state index in [0.29, 0.717) is 17.4 Å². The molecule has 1 aromatic heterocycles. The molecule has 4 heteroatoms. The van der Waals surface area contributed by atoms with Crippen molar-refractivity contribution in [2.45, 2.75) is 6.92 Å². The monoisotopic (exact) mass is 421 g/mol. The minimum absolute atomic E-state index is 0.0324. The third kappa shape index (κ3) is 4.04. The number of benzene rings is 3. The van der Waals surface area contributed by atoms with Crippen LogP contribution >= 0.6 is 7.26 Å². The van der Waals surface area contributed by atoms with Crippen LogP contribution in [0.1, 0.15) is 21.6 Å². The fraction of sp³-hybridized carbons (Fsp3) is 0.0741. The second kappa shape index (κ2) is 9.04. The molecule has 0 saturated heterocycles. The first-order valence-corrected chi connectivity index (χ1v) is 12.1. The van der Waals surface area contributed by atoms with Gasteiger partial charge >= 0.3 is 0 Å². The minimum atomic E-state index is -2.25. The number of hydrogen-bond donors (Lipinski definition) is 0. The molecule has 150 valence electrons. The van der Waals surface area contributed by atoms with Crippen molar-refractivity contribution in [3.63, 3.8) is 0 Å². The first-order valence-electron chi connectivity index (χ1n) is 10.1. The molecule has 0 unspecified atom stereocenters. The van der Waals surface area contributed by atoms with Crippen LogP contribution in [0.25, 0.3) is 0 Å². The lowest BCUT2D eigenvalue weighted by molar-refractivity contribution is 0.102. The Morgan fingerprint density at radius 3 is 1.68 bits per heavy atom. The maximum absolute atomic E-state index is 13.6. The van der Waals surface area contributed by atoms with E-state index in [1.165, 1.54) is 22.1 Å². The summed E-state index contributed by atoms with van der Waals surface area (Å²) >= 11 is 0. The van der Waals surface area contributed by atoms with Gasteiger partial charge in [0.25, 0.3) is 0 Å². The van der Waals surface area contributed by atoms with Gasteiger partial charge in [0.15, 0.2) is 0 Å². The molecule has 1 heterocycles. The average molecular weight is 421 g/mol. The fourth-order valence-electron chi connectivity index (χ4n) is 3.92. The molecular formula is C27H22N2OP+. The molecule has 0 aliphatic rings. The number of aromatic nitrogens is 1. The summed E-state index contributed by atoms with van der Waals surface area (Å²) in [6.45, 7) is 1.82. The number of hydrogen-bond acceptors (Lipinski definition) is 3. The van der Waals surface area contributed by atoms with Crippen LogP contribution in [-0.2, 0) is 0 Å². The lowest BCUT2D eigenvalue weighted by atomic mass is 10.1. The van der Waals surface area contributed by atoms with Crippen LogP contribution in [0.15, 0.2) is 103 Å². The Morgan fingerprint density at radius 2 is 1.29 bits per heavy atom. The second-order valence-electron chi connectivity index (χ2n) is 7.40. The van der Waals surface area contributed by atoms with Crippen molar-refractivity contribution in [1.29, 1.82) is 5.26 Å². The Balaban J connectivity index is 1.91. The fourth-order valence-corrected chi connectivity index (χ4v) is 8.02. The first kappa shape index (κ1) is 20.7. The summed E-state index contributed by atoms with van der Waals surface area (Å²) in [6.07, 6.45) is 1.89. The highest BCUT2D eigenvalue weighted by atomic mass is 31.2. The lowest BCUT2D eigenvalue weighted by Crippen LogP contribution is -2.35. The molecule has 4 rings (SSSR count). The predicted octanol–water partition coefficient (Wildman–Crippen LogP) is 4.44. The Hall–Kier alpha value is -3.60. The van der Waals surface area contributed by atoms with Crippen molar-refractivity contribution in [2.75, 3.05) is 6.16 Å². The van der Waals surface area contributed by atoms with Gasteiger partial charge in [-0.3, -0.25) is 4.79 Å². The largest absolute Gasteiger partial charge is 0.290 e. The zero-order valence-corrected chi connectivity index (χ0v) is 18.2. The van der Waals surface area contributed by atoms with Crippen molar-refractivity contribution < 1.29 is 4.79 Å². The van der Waals surface area contributed by atoms with Gasteiger partial charge in [0.05, 0.1) is 0 Å². The first-order chi connectivity index (χ1) is 15.1. The molecule has 0 bridgehead atoms. The molecule has 0 aliphatic carbocycles. The molecule has 3 aromatic carbocycles. The average Bonchev–Trinajstić information content (AvgIpc) is 2.84. The van der Waals surface area contributed by atoms with Crippen molar-refractivity contribution in [3.8, 4) is 6.07 Å². The summed E-state index contributed by atoms with van der Waals surface area (Å²) < 4.78 is 0. The van der Waals surface area contributed by atoms with E-state index in [0.717, 1.165) is 5.56 Å². The molecule has 0 N–H and O–H groups in total. The summed E-state index contributed by atoms with van der Waals surface area (Å²) in [4.78, 5) is 17.8. The maximum atomic E-state index is 13.6. The summed E-state index contributed by atoms with van der Waals surface area (Å²) in [5, 5.41) is 12.7. The van der Waals surface area contributed by atoms with Gasteiger partial charge in [-0.25, -0.2) is 4.98 Å². The topological polar surface area (TPSA) is 53.8 Å². The van der Waals surface area contributed by atoms with E-state index in [2.05, 4.69) is 47.5 Å². The summed E-state index contributed by atoms with van der Waals surface area (Å²) in [6, 6.07) is 34.8. The number of nitrogens with zero attached hydrogens (tertiary/aromatic N) is 2. The summed E-state index contributed by atoms with van der Waals surface area (Å²) in [5.74, 6) is 0.0324. The number of rotatable bonds is 6. The van der Waals surface area contributed by atoms with Crippen molar-refractivity contribution in [3.05, 3.63) is 120 Å². The molecule has 0 fully saturated rings. The smallest absolute Gasteiger partial charge is 0.202 e. The zero-order valence-electron chi connectivity index (χ0n) is 17.3. The highest BCUT2D eigenvalue weighted by Crippen LogP contribution is 2.55. The van der Waals surface area contributed by atoms with Crippen LogP contribution in [-0.4, -0.2) is 16.9 Å². The van der Waals surface area contributed by atoms with Crippen LogP contribution in [0.4, 0.5) is 0 Å². The lowest BCUT2D eigenvalue weighted by Gasteiger charge is -2.27. The van der Waals surface area contributed by atoms with Crippen LogP contribution in [0.5, 0.6) is 0 Å². The standard InChI is InChI=1S/C27H22N2OP/c1-21-17-22(19-29-26(21)18-28)27(30)20-31(23-11-5-2-6-12-23,24-13-7-3-8-14-24)25-15-9-4-10-16-25/h2-17,19H,20H2,1H3/q+1. The Morgan fingerprint density at radius 1 is 0.839 bits per heavy atom. The van der Waals surface area contributed by atoms with Crippen molar-refractivity contribution in [2.24, 2.45) is 0 Å². The zero-order chi connectivity index (χ0) is 21.7. The molecule has 31 heavy (non-hydrogen) atoms. The Bertz CT molecular complexity index is 1140. The van der Waals surface area contributed by atoms with E-state index < -0.39 is 7.26 Å². The summed E-state index contributed by atoms with van der Waals surface area (Å²) in [7, 11) is -2.25. The molecule has 4 aromatic rings. The Labute approximate surface area is 183 Å². The van der Waals surface area contributed by atoms with E-state index in [1.807, 2.05) is 61.5 Å². The van der Waals surface area contributed by atoms with Crippen LogP contribution < -0.4 is 15.9 Å². The third-order valence-corrected chi connectivity index (χ3v) is 9.78. The maximum Gasteiger partial charge on any atom is 0.202 e. The summed E-state index contributed by atoms with van der Waals surface area (Å²) in [5.41, 5.74) is 1.62.